The van der Waals surface area contributed by atoms with Crippen LogP contribution in [0.25, 0.3) is 11.3 Å². The Morgan fingerprint density at radius 1 is 1.23 bits per heavy atom. The normalized spacial score (nSPS) is 10.7. The summed E-state index contributed by atoms with van der Waals surface area (Å²) in [7, 11) is 0. The fourth-order valence-corrected chi connectivity index (χ4v) is 3.24. The van der Waals surface area contributed by atoms with Gasteiger partial charge in [-0.1, -0.05) is 30.0 Å². The predicted molar refractivity (Wildman–Crippen MR) is 104 cm³/mol. The van der Waals surface area contributed by atoms with Gasteiger partial charge < -0.3 is 5.32 Å². The molecule has 1 aromatic carbocycles. The third kappa shape index (κ3) is 4.11. The van der Waals surface area contributed by atoms with E-state index in [1.54, 1.807) is 6.20 Å². The van der Waals surface area contributed by atoms with Crippen molar-refractivity contribution in [3.8, 4) is 11.3 Å². The van der Waals surface area contributed by atoms with Crippen molar-refractivity contribution in [2.45, 2.75) is 32.5 Å². The molecular formula is C19H21N5OS. The van der Waals surface area contributed by atoms with Crippen LogP contribution in [-0.4, -0.2) is 31.4 Å². The highest BCUT2D eigenvalue weighted by atomic mass is 32.2. The van der Waals surface area contributed by atoms with Crippen LogP contribution in [0.1, 0.15) is 18.2 Å². The number of hydrogen-bond acceptors (Lipinski definition) is 5. The first-order valence-corrected chi connectivity index (χ1v) is 9.41. The van der Waals surface area contributed by atoms with Crippen LogP contribution in [0.4, 0.5) is 5.69 Å². The average molecular weight is 367 g/mol. The first-order chi connectivity index (χ1) is 12.6. The van der Waals surface area contributed by atoms with Gasteiger partial charge in [-0.05, 0) is 38.5 Å². The molecule has 0 aliphatic carbocycles. The number of amides is 1. The number of aromatic nitrogens is 4. The third-order valence-electron chi connectivity index (χ3n) is 4.06. The van der Waals surface area contributed by atoms with Gasteiger partial charge in [-0.25, -0.2) is 9.97 Å². The number of para-hydroxylation sites is 1. The fraction of sp³-hybridized carbons (Fsp3) is 0.263. The summed E-state index contributed by atoms with van der Waals surface area (Å²) in [6.45, 7) is 6.86. The maximum Gasteiger partial charge on any atom is 0.234 e. The molecule has 0 aliphatic rings. The number of nitrogens with one attached hydrogen (secondary N) is 1. The van der Waals surface area contributed by atoms with Crippen molar-refractivity contribution in [2.24, 2.45) is 0 Å². The van der Waals surface area contributed by atoms with Crippen molar-refractivity contribution < 1.29 is 4.79 Å². The summed E-state index contributed by atoms with van der Waals surface area (Å²) in [4.78, 5) is 21.0. The molecule has 3 rings (SSSR count). The Morgan fingerprint density at radius 3 is 2.77 bits per heavy atom. The molecule has 1 amide bonds. The first-order valence-electron chi connectivity index (χ1n) is 8.42. The first kappa shape index (κ1) is 18.1. The molecule has 2 aromatic heterocycles. The van der Waals surface area contributed by atoms with Gasteiger partial charge >= 0.3 is 0 Å². The SMILES string of the molecule is CCn1ncc(-c2ccnc(SCC(=O)Nc3ccccc3C)n2)c1C. The molecule has 0 spiro atoms. The molecule has 0 saturated heterocycles. The average Bonchev–Trinajstić information content (AvgIpc) is 3.03. The Hall–Kier alpha value is -2.67. The molecule has 6 nitrogen and oxygen atoms in total. The smallest absolute Gasteiger partial charge is 0.234 e. The quantitative estimate of drug-likeness (QED) is 0.531. The minimum atomic E-state index is -0.0757. The van der Waals surface area contributed by atoms with Gasteiger partial charge in [0.15, 0.2) is 5.16 Å². The van der Waals surface area contributed by atoms with E-state index in [-0.39, 0.29) is 11.7 Å². The Kier molecular flexibility index (Phi) is 5.68. The number of aryl methyl sites for hydroxylation is 2. The zero-order valence-electron chi connectivity index (χ0n) is 15.1. The van der Waals surface area contributed by atoms with E-state index in [0.717, 1.165) is 34.7 Å². The molecule has 26 heavy (non-hydrogen) atoms. The van der Waals surface area contributed by atoms with Crippen molar-refractivity contribution in [2.75, 3.05) is 11.1 Å². The van der Waals surface area contributed by atoms with Gasteiger partial charge in [0.2, 0.25) is 5.91 Å². The number of rotatable bonds is 6. The number of benzene rings is 1. The molecule has 0 radical (unpaired) electrons. The zero-order valence-corrected chi connectivity index (χ0v) is 15.9. The zero-order chi connectivity index (χ0) is 18.5. The maximum absolute atomic E-state index is 12.2. The molecule has 0 bridgehead atoms. The van der Waals surface area contributed by atoms with Gasteiger partial charge in [0.1, 0.15) is 0 Å². The van der Waals surface area contributed by atoms with Gasteiger partial charge in [-0.3, -0.25) is 9.48 Å². The second-order valence-corrected chi connectivity index (χ2v) is 6.78. The standard InChI is InChI=1S/C19H21N5OS/c1-4-24-14(3)15(11-21-24)17-9-10-20-19(23-17)26-12-18(25)22-16-8-6-5-7-13(16)2/h5-11H,4,12H2,1-3H3,(H,22,25). The Bertz CT molecular complexity index is 922. The molecule has 0 fully saturated rings. The van der Waals surface area contributed by atoms with E-state index >= 15 is 0 Å². The summed E-state index contributed by atoms with van der Waals surface area (Å²) >= 11 is 1.32. The van der Waals surface area contributed by atoms with Crippen LogP contribution in [0.3, 0.4) is 0 Å². The van der Waals surface area contributed by atoms with E-state index in [0.29, 0.717) is 5.16 Å². The van der Waals surface area contributed by atoms with E-state index in [2.05, 4.69) is 27.3 Å². The van der Waals surface area contributed by atoms with Crippen LogP contribution < -0.4 is 5.32 Å². The molecule has 7 heteroatoms. The molecule has 0 unspecified atom stereocenters. The Labute approximate surface area is 157 Å². The third-order valence-corrected chi connectivity index (χ3v) is 4.93. The van der Waals surface area contributed by atoms with E-state index in [9.17, 15) is 4.79 Å². The molecule has 134 valence electrons. The lowest BCUT2D eigenvalue weighted by molar-refractivity contribution is -0.113. The van der Waals surface area contributed by atoms with Crippen LogP contribution >= 0.6 is 11.8 Å². The van der Waals surface area contributed by atoms with Crippen LogP contribution in [0.2, 0.25) is 0 Å². The number of anilines is 1. The summed E-state index contributed by atoms with van der Waals surface area (Å²) < 4.78 is 1.93. The van der Waals surface area contributed by atoms with E-state index < -0.39 is 0 Å². The summed E-state index contributed by atoms with van der Waals surface area (Å²) in [6.07, 6.45) is 3.53. The van der Waals surface area contributed by atoms with Crippen molar-refractivity contribution in [1.82, 2.24) is 19.7 Å². The van der Waals surface area contributed by atoms with Crippen molar-refractivity contribution in [3.63, 3.8) is 0 Å². The second kappa shape index (κ2) is 8.14. The number of thioether (sulfide) groups is 1. The predicted octanol–water partition coefficient (Wildman–Crippen LogP) is 3.71. The van der Waals surface area contributed by atoms with Crippen molar-refractivity contribution in [3.05, 3.63) is 54.0 Å². The molecule has 3 aromatic rings. The second-order valence-electron chi connectivity index (χ2n) is 5.84. The Morgan fingerprint density at radius 2 is 2.04 bits per heavy atom. The largest absolute Gasteiger partial charge is 0.325 e. The van der Waals surface area contributed by atoms with E-state index in [4.69, 9.17) is 0 Å². The van der Waals surface area contributed by atoms with Crippen molar-refractivity contribution in [1.29, 1.82) is 0 Å². The molecule has 1 N–H and O–H groups in total. The minimum absolute atomic E-state index is 0.0757. The van der Waals surface area contributed by atoms with Crippen LogP contribution in [0.15, 0.2) is 47.9 Å². The minimum Gasteiger partial charge on any atom is -0.325 e. The van der Waals surface area contributed by atoms with Gasteiger partial charge in [0, 0.05) is 29.7 Å². The van der Waals surface area contributed by atoms with E-state index in [1.807, 2.05) is 55.1 Å². The van der Waals surface area contributed by atoms with Crippen molar-refractivity contribution >= 4 is 23.4 Å². The number of carbonyl (C=O) groups excluding carboxylic acids is 1. The highest BCUT2D eigenvalue weighted by Gasteiger charge is 2.11. The summed E-state index contributed by atoms with van der Waals surface area (Å²) in [5.41, 5.74) is 4.74. The maximum atomic E-state index is 12.2. The van der Waals surface area contributed by atoms with Gasteiger partial charge in [0.05, 0.1) is 17.6 Å². The van der Waals surface area contributed by atoms with Crippen LogP contribution in [-0.2, 0) is 11.3 Å². The topological polar surface area (TPSA) is 72.7 Å². The lowest BCUT2D eigenvalue weighted by Gasteiger charge is -2.08. The van der Waals surface area contributed by atoms with Gasteiger partial charge in [0.25, 0.3) is 0 Å². The van der Waals surface area contributed by atoms with Gasteiger partial charge in [-0.15, -0.1) is 0 Å². The molecule has 2 heterocycles. The summed E-state index contributed by atoms with van der Waals surface area (Å²) in [5.74, 6) is 0.179. The van der Waals surface area contributed by atoms with Crippen LogP contribution in [0.5, 0.6) is 0 Å². The highest BCUT2D eigenvalue weighted by Crippen LogP contribution is 2.23. The molecule has 0 saturated carbocycles. The number of hydrogen-bond donors (Lipinski definition) is 1. The molecular weight excluding hydrogens is 346 g/mol. The highest BCUT2D eigenvalue weighted by molar-refractivity contribution is 7.99. The fourth-order valence-electron chi connectivity index (χ4n) is 2.61. The number of carbonyl (C=O) groups is 1. The summed E-state index contributed by atoms with van der Waals surface area (Å²) in [6, 6.07) is 9.57. The lowest BCUT2D eigenvalue weighted by atomic mass is 10.2. The summed E-state index contributed by atoms with van der Waals surface area (Å²) in [5, 5.41) is 7.85. The van der Waals surface area contributed by atoms with Gasteiger partial charge in [-0.2, -0.15) is 5.10 Å². The Balaban J connectivity index is 1.66. The molecule has 0 atom stereocenters. The molecule has 0 aliphatic heterocycles. The monoisotopic (exact) mass is 367 g/mol. The number of nitrogens with zero attached hydrogens (tertiary/aromatic N) is 4. The van der Waals surface area contributed by atoms with E-state index in [1.165, 1.54) is 11.8 Å². The van der Waals surface area contributed by atoms with Crippen LogP contribution in [0, 0.1) is 13.8 Å². The lowest BCUT2D eigenvalue weighted by Crippen LogP contribution is -2.15.